The second kappa shape index (κ2) is 5.63. The van der Waals surface area contributed by atoms with Crippen LogP contribution in [0, 0.1) is 48.5 Å². The van der Waals surface area contributed by atoms with Crippen molar-refractivity contribution in [3.8, 4) is 0 Å². The number of thiophene rings is 1. The number of fused-ring (bicyclic) bond motifs is 3. The van der Waals surface area contributed by atoms with Crippen molar-refractivity contribution >= 4 is 31.5 Å². The highest BCUT2D eigenvalue weighted by molar-refractivity contribution is 7.26. The van der Waals surface area contributed by atoms with Crippen molar-refractivity contribution < 1.29 is 0 Å². The predicted octanol–water partition coefficient (Wildman–Crippen LogP) is 7.17. The molecule has 1 heterocycles. The molecule has 3 aromatic rings. The van der Waals surface area contributed by atoms with E-state index in [9.17, 15) is 0 Å². The molecule has 0 nitrogen and oxygen atoms in total. The van der Waals surface area contributed by atoms with Gasteiger partial charge in [0.25, 0.3) is 0 Å². The molecule has 0 unspecified atom stereocenters. The van der Waals surface area contributed by atoms with Gasteiger partial charge in [-0.3, -0.25) is 0 Å². The standard InChI is InChI=1S/C22H28S/c1-9-10-18-14(5)13(4)17(8)22-20(18)19-15(6)11(2)12(3)16(7)21(19)23-22/h9-10H2,1-8H3. The van der Waals surface area contributed by atoms with Crippen LogP contribution in [0.2, 0.25) is 0 Å². The molecule has 0 spiro atoms. The lowest BCUT2D eigenvalue weighted by Crippen LogP contribution is -1.97. The Morgan fingerprint density at radius 2 is 1.04 bits per heavy atom. The molecule has 0 saturated heterocycles. The van der Waals surface area contributed by atoms with E-state index in [0.29, 0.717) is 0 Å². The van der Waals surface area contributed by atoms with E-state index in [1.165, 1.54) is 66.6 Å². The lowest BCUT2D eigenvalue weighted by Gasteiger charge is -2.16. The molecule has 0 aliphatic heterocycles. The van der Waals surface area contributed by atoms with Gasteiger partial charge in [0, 0.05) is 20.2 Å². The summed E-state index contributed by atoms with van der Waals surface area (Å²) in [6.45, 7) is 18.4. The average Bonchev–Trinajstić information content (AvgIpc) is 2.93. The zero-order valence-corrected chi connectivity index (χ0v) is 16.6. The maximum Gasteiger partial charge on any atom is 0.0390 e. The summed E-state index contributed by atoms with van der Waals surface area (Å²) >= 11 is 2.01. The minimum absolute atomic E-state index is 1.18. The monoisotopic (exact) mass is 324 g/mol. The van der Waals surface area contributed by atoms with Gasteiger partial charge in [0.05, 0.1) is 0 Å². The molecule has 2 aromatic carbocycles. The first-order chi connectivity index (χ1) is 10.8. The molecule has 1 aromatic heterocycles. The van der Waals surface area contributed by atoms with E-state index < -0.39 is 0 Å². The largest absolute Gasteiger partial charge is 0.135 e. The molecule has 0 N–H and O–H groups in total. The van der Waals surface area contributed by atoms with E-state index in [-0.39, 0.29) is 0 Å². The first-order valence-corrected chi connectivity index (χ1v) is 9.54. The fourth-order valence-electron chi connectivity index (χ4n) is 3.95. The third-order valence-corrected chi connectivity index (χ3v) is 7.46. The number of aryl methyl sites for hydroxylation is 4. The number of hydrogen-bond acceptors (Lipinski definition) is 1. The number of rotatable bonds is 2. The van der Waals surface area contributed by atoms with Crippen LogP contribution in [0.15, 0.2) is 0 Å². The van der Waals surface area contributed by atoms with Crippen molar-refractivity contribution in [2.75, 3.05) is 0 Å². The Balaban J connectivity index is 2.67. The van der Waals surface area contributed by atoms with Crippen LogP contribution < -0.4 is 0 Å². The van der Waals surface area contributed by atoms with Gasteiger partial charge in [-0.15, -0.1) is 11.3 Å². The van der Waals surface area contributed by atoms with Gasteiger partial charge in [-0.1, -0.05) is 13.3 Å². The molecule has 1 heteroatoms. The summed E-state index contributed by atoms with van der Waals surface area (Å²) in [7, 11) is 0. The molecule has 0 saturated carbocycles. The second-order valence-corrected chi connectivity index (χ2v) is 8.13. The van der Waals surface area contributed by atoms with Crippen molar-refractivity contribution in [3.05, 3.63) is 44.5 Å². The van der Waals surface area contributed by atoms with E-state index >= 15 is 0 Å². The van der Waals surface area contributed by atoms with Crippen LogP contribution >= 0.6 is 11.3 Å². The molecule has 3 rings (SSSR count). The Labute approximate surface area is 144 Å². The van der Waals surface area contributed by atoms with Crippen LogP contribution in [0.1, 0.15) is 57.9 Å². The summed E-state index contributed by atoms with van der Waals surface area (Å²) in [5.41, 5.74) is 11.9. The molecule has 0 aliphatic carbocycles. The summed E-state index contributed by atoms with van der Waals surface area (Å²) in [5, 5.41) is 3.08. The molecule has 0 aliphatic rings. The molecule has 0 bridgehead atoms. The molecule has 0 radical (unpaired) electrons. The molecule has 0 amide bonds. The van der Waals surface area contributed by atoms with Crippen molar-refractivity contribution in [2.45, 2.75) is 68.2 Å². The maximum absolute atomic E-state index is 2.32. The third kappa shape index (κ3) is 2.16. The normalized spacial score (nSPS) is 11.8. The topological polar surface area (TPSA) is 0 Å². The lowest BCUT2D eigenvalue weighted by atomic mass is 9.88. The molecular formula is C22H28S. The Kier molecular flexibility index (Phi) is 4.04. The fourth-order valence-corrected chi connectivity index (χ4v) is 5.45. The Hall–Kier alpha value is -1.34. The zero-order valence-electron chi connectivity index (χ0n) is 15.8. The maximum atomic E-state index is 2.32. The Morgan fingerprint density at radius 3 is 1.61 bits per heavy atom. The summed E-state index contributed by atoms with van der Waals surface area (Å²) < 4.78 is 3.02. The van der Waals surface area contributed by atoms with E-state index in [0.717, 1.165) is 0 Å². The zero-order chi connectivity index (χ0) is 17.0. The lowest BCUT2D eigenvalue weighted by molar-refractivity contribution is 0.918. The van der Waals surface area contributed by atoms with Crippen LogP contribution in [-0.2, 0) is 6.42 Å². The van der Waals surface area contributed by atoms with Crippen LogP contribution in [0.3, 0.4) is 0 Å². The Morgan fingerprint density at radius 1 is 0.565 bits per heavy atom. The highest BCUT2D eigenvalue weighted by Gasteiger charge is 2.20. The summed E-state index contributed by atoms with van der Waals surface area (Å²) in [6.07, 6.45) is 2.39. The quantitative estimate of drug-likeness (QED) is 0.469. The van der Waals surface area contributed by atoms with Crippen LogP contribution in [0.25, 0.3) is 20.2 Å². The van der Waals surface area contributed by atoms with Crippen molar-refractivity contribution in [1.82, 2.24) is 0 Å². The van der Waals surface area contributed by atoms with Crippen molar-refractivity contribution in [2.24, 2.45) is 0 Å². The van der Waals surface area contributed by atoms with Crippen LogP contribution in [-0.4, -0.2) is 0 Å². The van der Waals surface area contributed by atoms with Gasteiger partial charge in [-0.2, -0.15) is 0 Å². The average molecular weight is 325 g/mol. The number of hydrogen-bond donors (Lipinski definition) is 0. The van der Waals surface area contributed by atoms with Gasteiger partial charge in [-0.05, 0) is 99.4 Å². The van der Waals surface area contributed by atoms with Gasteiger partial charge in [0.15, 0.2) is 0 Å². The SMILES string of the molecule is CCCc1c(C)c(C)c(C)c2sc3c(C)c(C)c(C)c(C)c3c12. The smallest absolute Gasteiger partial charge is 0.0390 e. The Bertz CT molecular complexity index is 939. The minimum atomic E-state index is 1.18. The number of benzene rings is 2. The van der Waals surface area contributed by atoms with Gasteiger partial charge < -0.3 is 0 Å². The summed E-state index contributed by atoms with van der Waals surface area (Å²) in [4.78, 5) is 0. The molecule has 0 atom stereocenters. The first kappa shape index (κ1) is 16.5. The van der Waals surface area contributed by atoms with Crippen LogP contribution in [0.4, 0.5) is 0 Å². The highest BCUT2D eigenvalue weighted by atomic mass is 32.1. The summed E-state index contributed by atoms with van der Waals surface area (Å²) in [5.74, 6) is 0. The third-order valence-electron chi connectivity index (χ3n) is 6.03. The second-order valence-electron chi connectivity index (χ2n) is 7.11. The van der Waals surface area contributed by atoms with Gasteiger partial charge in [0.2, 0.25) is 0 Å². The van der Waals surface area contributed by atoms with E-state index in [2.05, 4.69) is 55.4 Å². The van der Waals surface area contributed by atoms with Gasteiger partial charge in [-0.25, -0.2) is 0 Å². The highest BCUT2D eigenvalue weighted by Crippen LogP contribution is 2.45. The molecule has 23 heavy (non-hydrogen) atoms. The predicted molar refractivity (Wildman–Crippen MR) is 106 cm³/mol. The van der Waals surface area contributed by atoms with Gasteiger partial charge >= 0.3 is 0 Å². The minimum Gasteiger partial charge on any atom is -0.135 e. The van der Waals surface area contributed by atoms with Crippen molar-refractivity contribution in [3.63, 3.8) is 0 Å². The van der Waals surface area contributed by atoms with Gasteiger partial charge in [0.1, 0.15) is 0 Å². The van der Waals surface area contributed by atoms with Crippen molar-refractivity contribution in [1.29, 1.82) is 0 Å². The fraction of sp³-hybridized carbons (Fsp3) is 0.455. The molecule has 122 valence electrons. The summed E-state index contributed by atoms with van der Waals surface area (Å²) in [6, 6.07) is 0. The van der Waals surface area contributed by atoms with E-state index in [1.807, 2.05) is 11.3 Å². The van der Waals surface area contributed by atoms with E-state index in [4.69, 9.17) is 0 Å². The van der Waals surface area contributed by atoms with Crippen LogP contribution in [0.5, 0.6) is 0 Å². The molecule has 0 fully saturated rings. The van der Waals surface area contributed by atoms with E-state index in [1.54, 1.807) is 10.9 Å². The molecular weight excluding hydrogens is 296 g/mol. The first-order valence-electron chi connectivity index (χ1n) is 8.72.